The van der Waals surface area contributed by atoms with Gasteiger partial charge in [-0.05, 0) is 0 Å². The molecule has 0 radical (unpaired) electrons. The molecule has 0 bridgehead atoms. The van der Waals surface area contributed by atoms with Crippen LogP contribution in [-0.2, 0) is 6.18 Å². The van der Waals surface area contributed by atoms with Gasteiger partial charge in [0.25, 0.3) is 5.56 Å². The van der Waals surface area contributed by atoms with Crippen molar-refractivity contribution in [1.29, 1.82) is 0 Å². The summed E-state index contributed by atoms with van der Waals surface area (Å²) in [6, 6.07) is 1.08. The van der Waals surface area contributed by atoms with Crippen LogP contribution < -0.4 is 5.56 Å². The van der Waals surface area contributed by atoms with Crippen LogP contribution in [-0.4, -0.2) is 14.4 Å². The number of aromatic nitrogens is 3. The molecule has 4 nitrogen and oxygen atoms in total. The summed E-state index contributed by atoms with van der Waals surface area (Å²) in [6.07, 6.45) is -2.67. The van der Waals surface area contributed by atoms with Crippen molar-refractivity contribution < 1.29 is 13.2 Å². The Bertz CT molecular complexity index is 525. The van der Waals surface area contributed by atoms with Gasteiger partial charge in [0.2, 0.25) is 5.78 Å². The summed E-state index contributed by atoms with van der Waals surface area (Å²) in [7, 11) is 0. The van der Waals surface area contributed by atoms with Gasteiger partial charge in [0.15, 0.2) is 0 Å². The third-order valence-corrected chi connectivity index (χ3v) is 1.69. The zero-order valence-electron chi connectivity index (χ0n) is 6.67. The number of H-pyrrole nitrogens is 1. The fraction of sp³-hybridized carbons (Fsp3) is 0.143. The molecular formula is C7H4F3N3O. The number of imidazole rings is 1. The largest absolute Gasteiger partial charge is 0.432 e. The second-order valence-corrected chi connectivity index (χ2v) is 2.64. The first-order chi connectivity index (χ1) is 6.48. The van der Waals surface area contributed by atoms with E-state index in [2.05, 4.69) is 4.98 Å². The highest BCUT2D eigenvalue weighted by atomic mass is 19.4. The molecule has 2 aromatic heterocycles. The number of alkyl halides is 3. The fourth-order valence-corrected chi connectivity index (χ4v) is 1.06. The van der Waals surface area contributed by atoms with Crippen molar-refractivity contribution in [1.82, 2.24) is 14.4 Å². The SMILES string of the molecule is O=c1ccnc2[nH]c(C(F)(F)F)cn12. The van der Waals surface area contributed by atoms with Crippen molar-refractivity contribution in [2.75, 3.05) is 0 Å². The van der Waals surface area contributed by atoms with E-state index >= 15 is 0 Å². The van der Waals surface area contributed by atoms with Crippen LogP contribution in [0.2, 0.25) is 0 Å². The summed E-state index contributed by atoms with van der Waals surface area (Å²) < 4.78 is 37.4. The highest BCUT2D eigenvalue weighted by molar-refractivity contribution is 5.30. The normalized spacial score (nSPS) is 12.2. The van der Waals surface area contributed by atoms with Crippen LogP contribution in [0.3, 0.4) is 0 Å². The smallest absolute Gasteiger partial charge is 0.320 e. The zero-order chi connectivity index (χ0) is 10.3. The summed E-state index contributed by atoms with van der Waals surface area (Å²) in [5.41, 5.74) is -1.55. The van der Waals surface area contributed by atoms with Crippen LogP contribution >= 0.6 is 0 Å². The van der Waals surface area contributed by atoms with Crippen molar-refractivity contribution in [2.45, 2.75) is 6.18 Å². The third kappa shape index (κ3) is 1.26. The zero-order valence-corrected chi connectivity index (χ0v) is 6.67. The Hall–Kier alpha value is -1.79. The van der Waals surface area contributed by atoms with Gasteiger partial charge in [-0.2, -0.15) is 13.2 Å². The molecule has 7 heteroatoms. The molecule has 2 aromatic rings. The maximum absolute atomic E-state index is 12.2. The van der Waals surface area contributed by atoms with Crippen LogP contribution in [0.4, 0.5) is 13.2 Å². The average Bonchev–Trinajstić information content (AvgIpc) is 2.48. The lowest BCUT2D eigenvalue weighted by molar-refractivity contribution is -0.140. The van der Waals surface area contributed by atoms with Gasteiger partial charge in [-0.3, -0.25) is 9.20 Å². The number of nitrogens with zero attached hydrogens (tertiary/aromatic N) is 2. The Morgan fingerprint density at radius 2 is 2.14 bits per heavy atom. The van der Waals surface area contributed by atoms with Crippen LogP contribution in [0.15, 0.2) is 23.3 Å². The highest BCUT2D eigenvalue weighted by Gasteiger charge is 2.33. The lowest BCUT2D eigenvalue weighted by Gasteiger charge is -1.99. The van der Waals surface area contributed by atoms with Crippen LogP contribution in [0, 0.1) is 0 Å². The molecule has 0 aromatic carbocycles. The number of nitrogens with one attached hydrogen (secondary N) is 1. The summed E-state index contributed by atoms with van der Waals surface area (Å²) >= 11 is 0. The minimum absolute atomic E-state index is 0.121. The van der Waals surface area contributed by atoms with Gasteiger partial charge < -0.3 is 4.98 Å². The van der Waals surface area contributed by atoms with E-state index < -0.39 is 17.4 Å². The lowest BCUT2D eigenvalue weighted by atomic mass is 10.5. The van der Waals surface area contributed by atoms with Crippen molar-refractivity contribution in [3.8, 4) is 0 Å². The van der Waals surface area contributed by atoms with Crippen LogP contribution in [0.25, 0.3) is 5.78 Å². The molecule has 0 saturated heterocycles. The van der Waals surface area contributed by atoms with E-state index in [4.69, 9.17) is 0 Å². The first kappa shape index (κ1) is 8.79. The molecule has 0 fully saturated rings. The summed E-state index contributed by atoms with van der Waals surface area (Å²) in [4.78, 5) is 16.6. The minimum Gasteiger partial charge on any atom is -0.320 e. The molecule has 2 rings (SSSR count). The van der Waals surface area contributed by atoms with E-state index in [9.17, 15) is 18.0 Å². The molecule has 0 aliphatic rings. The van der Waals surface area contributed by atoms with Gasteiger partial charge in [0.1, 0.15) is 5.69 Å². The van der Waals surface area contributed by atoms with E-state index in [0.29, 0.717) is 6.20 Å². The predicted molar refractivity (Wildman–Crippen MR) is 40.8 cm³/mol. The first-order valence-electron chi connectivity index (χ1n) is 3.62. The maximum Gasteiger partial charge on any atom is 0.432 e. The molecule has 0 atom stereocenters. The summed E-state index contributed by atoms with van der Waals surface area (Å²) in [5, 5.41) is 0. The number of aromatic amines is 1. The van der Waals surface area contributed by atoms with Crippen molar-refractivity contribution >= 4 is 5.78 Å². The molecule has 0 aliphatic carbocycles. The highest BCUT2D eigenvalue weighted by Crippen LogP contribution is 2.27. The number of hydrogen-bond acceptors (Lipinski definition) is 2. The molecule has 0 unspecified atom stereocenters. The van der Waals surface area contributed by atoms with E-state index in [0.717, 1.165) is 16.7 Å². The molecule has 0 amide bonds. The lowest BCUT2D eigenvalue weighted by Crippen LogP contribution is -2.10. The van der Waals surface area contributed by atoms with E-state index in [1.165, 1.54) is 0 Å². The number of rotatable bonds is 0. The second-order valence-electron chi connectivity index (χ2n) is 2.64. The molecule has 0 aliphatic heterocycles. The standard InChI is InChI=1S/C7H4F3N3O/c8-7(9,10)4-3-13-5(14)1-2-11-6(13)12-4/h1-3H,(H,11,12). The van der Waals surface area contributed by atoms with Crippen LogP contribution in [0.1, 0.15) is 5.69 Å². The van der Waals surface area contributed by atoms with Crippen molar-refractivity contribution in [3.05, 3.63) is 34.5 Å². The van der Waals surface area contributed by atoms with Crippen molar-refractivity contribution in [3.63, 3.8) is 0 Å². The quantitative estimate of drug-likeness (QED) is 0.695. The third-order valence-electron chi connectivity index (χ3n) is 1.69. The summed E-state index contributed by atoms with van der Waals surface area (Å²) in [6.45, 7) is 0. The maximum atomic E-state index is 12.2. The molecule has 0 spiro atoms. The van der Waals surface area contributed by atoms with Crippen LogP contribution in [0.5, 0.6) is 0 Å². The fourth-order valence-electron chi connectivity index (χ4n) is 1.06. The number of fused-ring (bicyclic) bond motifs is 1. The van der Waals surface area contributed by atoms with Gasteiger partial charge in [0.05, 0.1) is 0 Å². The van der Waals surface area contributed by atoms with E-state index in [1.807, 2.05) is 4.98 Å². The Labute approximate surface area is 75.0 Å². The minimum atomic E-state index is -4.50. The average molecular weight is 203 g/mol. The van der Waals surface area contributed by atoms with Crippen molar-refractivity contribution in [2.24, 2.45) is 0 Å². The number of hydrogen-bond donors (Lipinski definition) is 1. The predicted octanol–water partition coefficient (Wildman–Crippen LogP) is 1.04. The Morgan fingerprint density at radius 3 is 2.71 bits per heavy atom. The monoisotopic (exact) mass is 203 g/mol. The molecule has 74 valence electrons. The van der Waals surface area contributed by atoms with Gasteiger partial charge in [0, 0.05) is 18.5 Å². The number of halogens is 3. The summed E-state index contributed by atoms with van der Waals surface area (Å²) in [5.74, 6) is -0.121. The first-order valence-corrected chi connectivity index (χ1v) is 3.62. The molecule has 14 heavy (non-hydrogen) atoms. The van der Waals surface area contributed by atoms with Gasteiger partial charge >= 0.3 is 6.18 Å². The Kier molecular flexibility index (Phi) is 1.63. The topological polar surface area (TPSA) is 50.2 Å². The molecule has 2 heterocycles. The Morgan fingerprint density at radius 1 is 1.43 bits per heavy atom. The van der Waals surface area contributed by atoms with Gasteiger partial charge in [-0.1, -0.05) is 0 Å². The molecular weight excluding hydrogens is 199 g/mol. The Balaban J connectivity index is 2.75. The van der Waals surface area contributed by atoms with Gasteiger partial charge in [-0.15, -0.1) is 0 Å². The molecule has 1 N–H and O–H groups in total. The van der Waals surface area contributed by atoms with E-state index in [1.54, 1.807) is 0 Å². The second kappa shape index (κ2) is 2.60. The molecule has 0 saturated carbocycles. The van der Waals surface area contributed by atoms with E-state index in [-0.39, 0.29) is 5.78 Å². The van der Waals surface area contributed by atoms with Gasteiger partial charge in [-0.25, -0.2) is 4.98 Å².